The second kappa shape index (κ2) is 5.78. The van der Waals surface area contributed by atoms with Gasteiger partial charge in [0.2, 0.25) is 5.43 Å². The van der Waals surface area contributed by atoms with Gasteiger partial charge in [-0.25, -0.2) is 8.78 Å². The lowest BCUT2D eigenvalue weighted by atomic mass is 10.2. The number of nitrogens with zero attached hydrogens (tertiary/aromatic N) is 2. The Kier molecular flexibility index (Phi) is 3.97. The van der Waals surface area contributed by atoms with E-state index in [1.165, 1.54) is 16.8 Å². The minimum Gasteiger partial charge on any atom is -0.286 e. The second-order valence-corrected chi connectivity index (χ2v) is 5.86. The fourth-order valence-electron chi connectivity index (χ4n) is 2.16. The molecule has 3 nitrogen and oxygen atoms in total. The number of aromatic nitrogens is 2. The third-order valence-corrected chi connectivity index (χ3v) is 3.97. The molecule has 0 spiro atoms. The van der Waals surface area contributed by atoms with E-state index in [4.69, 9.17) is 11.6 Å². The summed E-state index contributed by atoms with van der Waals surface area (Å²) in [7, 11) is 0. The third-order valence-electron chi connectivity index (χ3n) is 3.21. The second-order valence-electron chi connectivity index (χ2n) is 4.67. The molecule has 1 aromatic heterocycles. The lowest BCUT2D eigenvalue weighted by molar-refractivity contribution is 0.559. The minimum atomic E-state index is -0.674. The van der Waals surface area contributed by atoms with Gasteiger partial charge in [0.25, 0.3) is 0 Å². The van der Waals surface area contributed by atoms with Crippen LogP contribution in [-0.2, 0) is 6.54 Å². The van der Waals surface area contributed by atoms with Gasteiger partial charge in [-0.3, -0.25) is 9.48 Å². The zero-order valence-corrected chi connectivity index (χ0v) is 13.3. The molecule has 0 fully saturated rings. The number of halogens is 4. The van der Waals surface area contributed by atoms with Crippen molar-refractivity contribution in [2.75, 3.05) is 0 Å². The molecule has 0 radical (unpaired) electrons. The highest BCUT2D eigenvalue weighted by Crippen LogP contribution is 2.20. The van der Waals surface area contributed by atoms with E-state index in [0.29, 0.717) is 15.9 Å². The Morgan fingerprint density at radius 2 is 1.95 bits per heavy atom. The van der Waals surface area contributed by atoms with Crippen LogP contribution >= 0.6 is 27.5 Å². The van der Waals surface area contributed by atoms with Crippen molar-refractivity contribution in [2.24, 2.45) is 0 Å². The number of benzene rings is 2. The molecule has 0 saturated carbocycles. The van der Waals surface area contributed by atoms with Crippen LogP contribution in [0.2, 0.25) is 5.02 Å². The van der Waals surface area contributed by atoms with Crippen LogP contribution in [0.5, 0.6) is 0 Å². The van der Waals surface area contributed by atoms with E-state index in [2.05, 4.69) is 21.0 Å². The summed E-state index contributed by atoms with van der Waals surface area (Å²) in [6, 6.07) is 8.09. The Morgan fingerprint density at radius 1 is 1.18 bits per heavy atom. The van der Waals surface area contributed by atoms with E-state index in [1.54, 1.807) is 18.2 Å². The monoisotopic (exact) mass is 384 g/mol. The van der Waals surface area contributed by atoms with E-state index >= 15 is 0 Å². The zero-order chi connectivity index (χ0) is 15.9. The quantitative estimate of drug-likeness (QED) is 0.664. The summed E-state index contributed by atoms with van der Waals surface area (Å²) in [5.41, 5.74) is 0.456. The summed E-state index contributed by atoms with van der Waals surface area (Å²) in [4.78, 5) is 12.1. The lowest BCUT2D eigenvalue weighted by Crippen LogP contribution is -2.16. The number of rotatable bonds is 2. The van der Waals surface area contributed by atoms with Crippen LogP contribution < -0.4 is 5.43 Å². The van der Waals surface area contributed by atoms with E-state index in [1.807, 2.05) is 0 Å². The summed E-state index contributed by atoms with van der Waals surface area (Å²) >= 11 is 9.06. The molecule has 2 aromatic carbocycles. The largest absolute Gasteiger partial charge is 0.286 e. The van der Waals surface area contributed by atoms with Crippen molar-refractivity contribution in [3.05, 3.63) is 73.4 Å². The van der Waals surface area contributed by atoms with Gasteiger partial charge >= 0.3 is 0 Å². The van der Waals surface area contributed by atoms with Crippen molar-refractivity contribution in [2.45, 2.75) is 6.54 Å². The first kappa shape index (κ1) is 15.1. The number of fused-ring (bicyclic) bond motifs is 1. The normalized spacial score (nSPS) is 11.1. The molecule has 3 aromatic rings. The SMILES string of the molecule is O=c1c(Br)nn(Cc2ccc(F)cc2F)c2cc(Cl)ccc12. The van der Waals surface area contributed by atoms with Gasteiger partial charge in [-0.1, -0.05) is 17.7 Å². The Morgan fingerprint density at radius 3 is 2.68 bits per heavy atom. The Labute approximate surface area is 137 Å². The van der Waals surface area contributed by atoms with E-state index < -0.39 is 11.6 Å². The first-order valence-corrected chi connectivity index (χ1v) is 7.42. The first-order valence-electron chi connectivity index (χ1n) is 6.25. The van der Waals surface area contributed by atoms with Gasteiger partial charge in [0, 0.05) is 16.7 Å². The molecule has 0 aliphatic carbocycles. The first-order chi connectivity index (χ1) is 10.5. The maximum atomic E-state index is 13.8. The van der Waals surface area contributed by atoms with Gasteiger partial charge in [0.15, 0.2) is 4.60 Å². The van der Waals surface area contributed by atoms with Gasteiger partial charge in [0.05, 0.1) is 17.4 Å². The van der Waals surface area contributed by atoms with Crippen LogP contribution in [0.4, 0.5) is 8.78 Å². The maximum Gasteiger partial charge on any atom is 0.222 e. The molecule has 0 atom stereocenters. The molecule has 112 valence electrons. The summed E-state index contributed by atoms with van der Waals surface area (Å²) < 4.78 is 28.4. The maximum absolute atomic E-state index is 13.8. The van der Waals surface area contributed by atoms with Gasteiger partial charge in [0.1, 0.15) is 11.6 Å². The van der Waals surface area contributed by atoms with Crippen molar-refractivity contribution >= 4 is 38.4 Å². The average molecular weight is 386 g/mol. The summed E-state index contributed by atoms with van der Waals surface area (Å²) in [5.74, 6) is -1.32. The van der Waals surface area contributed by atoms with Crippen molar-refractivity contribution < 1.29 is 8.78 Å². The molecule has 22 heavy (non-hydrogen) atoms. The third kappa shape index (κ3) is 2.76. The Balaban J connectivity index is 2.20. The summed E-state index contributed by atoms with van der Waals surface area (Å²) in [5, 5.41) is 4.95. The lowest BCUT2D eigenvalue weighted by Gasteiger charge is -2.11. The molecule has 0 aliphatic rings. The average Bonchev–Trinajstić information content (AvgIpc) is 2.47. The molecular weight excluding hydrogens is 378 g/mol. The predicted octanol–water partition coefficient (Wildman–Crippen LogP) is 4.14. The van der Waals surface area contributed by atoms with Crippen LogP contribution in [0.1, 0.15) is 5.56 Å². The molecule has 0 N–H and O–H groups in total. The zero-order valence-electron chi connectivity index (χ0n) is 11.0. The molecule has 7 heteroatoms. The fraction of sp³-hybridized carbons (Fsp3) is 0.0667. The van der Waals surface area contributed by atoms with E-state index in [9.17, 15) is 13.6 Å². The predicted molar refractivity (Wildman–Crippen MR) is 84.2 cm³/mol. The van der Waals surface area contributed by atoms with Crippen molar-refractivity contribution in [1.82, 2.24) is 9.78 Å². The molecule has 3 rings (SSSR count). The summed E-state index contributed by atoms with van der Waals surface area (Å²) in [6.07, 6.45) is 0. The number of hydrogen-bond acceptors (Lipinski definition) is 2. The van der Waals surface area contributed by atoms with Crippen molar-refractivity contribution in [3.8, 4) is 0 Å². The van der Waals surface area contributed by atoms with Crippen LogP contribution in [0.25, 0.3) is 10.9 Å². The van der Waals surface area contributed by atoms with Gasteiger partial charge in [-0.2, -0.15) is 5.10 Å². The fourth-order valence-corrected chi connectivity index (χ4v) is 2.73. The highest BCUT2D eigenvalue weighted by atomic mass is 79.9. The molecule has 0 unspecified atom stereocenters. The van der Waals surface area contributed by atoms with Gasteiger partial charge in [-0.05, 0) is 40.2 Å². The van der Waals surface area contributed by atoms with Crippen LogP contribution in [0, 0.1) is 11.6 Å². The molecular formula is C15H8BrClF2N2O. The molecule has 1 heterocycles. The summed E-state index contributed by atoms with van der Waals surface area (Å²) in [6.45, 7) is 0.0435. The van der Waals surface area contributed by atoms with Crippen LogP contribution in [0.3, 0.4) is 0 Å². The van der Waals surface area contributed by atoms with Gasteiger partial charge < -0.3 is 0 Å². The standard InChI is InChI=1S/C15H8BrClF2N2O/c16-15-14(22)11-4-2-9(17)5-13(11)21(20-15)7-8-1-3-10(18)6-12(8)19/h1-6H,7H2. The Bertz CT molecular complexity index is 943. The minimum absolute atomic E-state index is 0.0435. The molecule has 0 aliphatic heterocycles. The smallest absolute Gasteiger partial charge is 0.222 e. The highest BCUT2D eigenvalue weighted by molar-refractivity contribution is 9.10. The molecule has 0 bridgehead atoms. The Hall–Kier alpha value is -1.79. The molecule has 0 amide bonds. The van der Waals surface area contributed by atoms with Crippen molar-refractivity contribution in [3.63, 3.8) is 0 Å². The van der Waals surface area contributed by atoms with Crippen molar-refractivity contribution in [1.29, 1.82) is 0 Å². The topological polar surface area (TPSA) is 34.9 Å². The van der Waals surface area contributed by atoms with E-state index in [-0.39, 0.29) is 22.1 Å². The van der Waals surface area contributed by atoms with Crippen LogP contribution in [0.15, 0.2) is 45.8 Å². The molecule has 0 saturated heterocycles. The van der Waals surface area contributed by atoms with Gasteiger partial charge in [-0.15, -0.1) is 0 Å². The van der Waals surface area contributed by atoms with Crippen LogP contribution in [-0.4, -0.2) is 9.78 Å². The highest BCUT2D eigenvalue weighted by Gasteiger charge is 2.12. The number of hydrogen-bond donors (Lipinski definition) is 0. The van der Waals surface area contributed by atoms with E-state index in [0.717, 1.165) is 6.07 Å².